The summed E-state index contributed by atoms with van der Waals surface area (Å²) in [5, 5.41) is 14.0. The van der Waals surface area contributed by atoms with Gasteiger partial charge in [0, 0.05) is 11.2 Å². The summed E-state index contributed by atoms with van der Waals surface area (Å²) in [6.07, 6.45) is 2.97. The highest BCUT2D eigenvalue weighted by Crippen LogP contribution is 2.31. The summed E-state index contributed by atoms with van der Waals surface area (Å²) >= 11 is 5.87. The minimum Gasteiger partial charge on any atom is -0.507 e. The summed E-state index contributed by atoms with van der Waals surface area (Å²) in [4.78, 5) is 12.0. The molecule has 0 atom stereocenters. The van der Waals surface area contributed by atoms with Crippen molar-refractivity contribution in [3.63, 3.8) is 0 Å². The highest BCUT2D eigenvalue weighted by atomic mass is 35.5. The molecule has 6 nitrogen and oxygen atoms in total. The number of phenols is 1. The second kappa shape index (κ2) is 4.66. The number of nitrogens with zero attached hydrogens (tertiary/aromatic N) is 4. The predicted molar refractivity (Wildman–Crippen MR) is 67.4 cm³/mol. The zero-order chi connectivity index (χ0) is 13.2. The van der Waals surface area contributed by atoms with Gasteiger partial charge in [-0.15, -0.1) is 0 Å². The molecule has 7 heteroatoms. The minimum atomic E-state index is 0.0160. The van der Waals surface area contributed by atoms with E-state index in [0.29, 0.717) is 22.1 Å². The lowest BCUT2D eigenvalue weighted by Crippen LogP contribution is -1.86. The highest BCUT2D eigenvalue weighted by Gasteiger charge is 2.14. The molecule has 0 radical (unpaired) electrons. The summed E-state index contributed by atoms with van der Waals surface area (Å²) in [7, 11) is 0. The van der Waals surface area contributed by atoms with Gasteiger partial charge in [-0.3, -0.25) is 0 Å². The van der Waals surface area contributed by atoms with Crippen molar-refractivity contribution in [1.29, 1.82) is 0 Å². The van der Waals surface area contributed by atoms with Crippen molar-refractivity contribution < 1.29 is 9.63 Å². The van der Waals surface area contributed by atoms with E-state index in [-0.39, 0.29) is 11.6 Å². The first-order valence-corrected chi connectivity index (χ1v) is 5.71. The van der Waals surface area contributed by atoms with Crippen LogP contribution in [0.3, 0.4) is 0 Å². The maximum Gasteiger partial charge on any atom is 0.262 e. The fourth-order valence-electron chi connectivity index (χ4n) is 1.54. The van der Waals surface area contributed by atoms with Crippen molar-refractivity contribution in [2.24, 2.45) is 0 Å². The van der Waals surface area contributed by atoms with E-state index >= 15 is 0 Å². The average molecular weight is 275 g/mol. The van der Waals surface area contributed by atoms with Crippen LogP contribution < -0.4 is 0 Å². The van der Waals surface area contributed by atoms with Crippen molar-refractivity contribution in [3.8, 4) is 28.7 Å². The quantitative estimate of drug-likeness (QED) is 0.773. The van der Waals surface area contributed by atoms with Crippen LogP contribution >= 0.6 is 11.6 Å². The number of hydrogen-bond acceptors (Lipinski definition) is 6. The molecule has 1 N–H and O–H groups in total. The van der Waals surface area contributed by atoms with E-state index in [1.54, 1.807) is 24.4 Å². The number of aromatic hydroxyl groups is 1. The van der Waals surface area contributed by atoms with Crippen LogP contribution in [0.4, 0.5) is 0 Å². The normalized spacial score (nSPS) is 10.6. The van der Waals surface area contributed by atoms with E-state index in [1.807, 2.05) is 0 Å². The average Bonchev–Trinajstić information content (AvgIpc) is 2.92. The second-order valence-corrected chi connectivity index (χ2v) is 4.12. The number of benzene rings is 1. The van der Waals surface area contributed by atoms with E-state index in [4.69, 9.17) is 16.1 Å². The molecular formula is C12H7ClN4O2. The predicted octanol–water partition coefficient (Wildman–Crippen LogP) is 2.55. The molecule has 0 bridgehead atoms. The maximum absolute atomic E-state index is 9.76. The molecule has 2 aromatic heterocycles. The number of phenolic OH excluding ortho intramolecular Hbond substituents is 1. The smallest absolute Gasteiger partial charge is 0.262 e. The molecule has 3 rings (SSSR count). The van der Waals surface area contributed by atoms with Gasteiger partial charge >= 0.3 is 0 Å². The standard InChI is InChI=1S/C12H7ClN4O2/c13-7-1-2-10(18)8(5-7)12-16-11(17-19-12)9-3-4-14-6-15-9/h1-6,18H. The molecule has 0 saturated heterocycles. The molecule has 0 aliphatic heterocycles. The van der Waals surface area contributed by atoms with Crippen LogP contribution in [0, 0.1) is 0 Å². The van der Waals surface area contributed by atoms with Gasteiger partial charge in [0.05, 0.1) is 5.56 Å². The molecule has 0 fully saturated rings. The van der Waals surface area contributed by atoms with Gasteiger partial charge in [0.1, 0.15) is 17.8 Å². The molecule has 94 valence electrons. The number of aromatic nitrogens is 4. The Kier molecular flexibility index (Phi) is 2.85. The first-order chi connectivity index (χ1) is 9.24. The van der Waals surface area contributed by atoms with E-state index < -0.39 is 0 Å². The molecule has 0 amide bonds. The Labute approximate surface area is 112 Å². The van der Waals surface area contributed by atoms with E-state index in [2.05, 4.69) is 20.1 Å². The lowest BCUT2D eigenvalue weighted by molar-refractivity contribution is 0.425. The van der Waals surface area contributed by atoms with E-state index in [9.17, 15) is 5.11 Å². The summed E-state index contributed by atoms with van der Waals surface area (Å²) in [5.41, 5.74) is 0.909. The van der Waals surface area contributed by atoms with Gasteiger partial charge in [0.15, 0.2) is 0 Å². The SMILES string of the molecule is Oc1ccc(Cl)cc1-c1nc(-c2ccncn2)no1. The lowest BCUT2D eigenvalue weighted by Gasteiger charge is -1.98. The number of halogens is 1. The van der Waals surface area contributed by atoms with Crippen LogP contribution in [0.1, 0.15) is 0 Å². The Morgan fingerprint density at radius 3 is 2.89 bits per heavy atom. The zero-order valence-electron chi connectivity index (χ0n) is 9.49. The van der Waals surface area contributed by atoms with Crippen molar-refractivity contribution in [1.82, 2.24) is 20.1 Å². The fourth-order valence-corrected chi connectivity index (χ4v) is 1.71. The fraction of sp³-hybridized carbons (Fsp3) is 0. The first-order valence-electron chi connectivity index (χ1n) is 5.33. The molecule has 1 aromatic carbocycles. The molecule has 0 saturated carbocycles. The van der Waals surface area contributed by atoms with E-state index in [1.165, 1.54) is 12.4 Å². The summed E-state index contributed by atoms with van der Waals surface area (Å²) in [6, 6.07) is 6.24. The van der Waals surface area contributed by atoms with Gasteiger partial charge in [-0.25, -0.2) is 9.97 Å². The van der Waals surface area contributed by atoms with Gasteiger partial charge in [0.2, 0.25) is 5.82 Å². The highest BCUT2D eigenvalue weighted by molar-refractivity contribution is 6.30. The monoisotopic (exact) mass is 274 g/mol. The Balaban J connectivity index is 2.04. The second-order valence-electron chi connectivity index (χ2n) is 3.68. The summed E-state index contributed by atoms with van der Waals surface area (Å²) in [5.74, 6) is 0.507. The van der Waals surface area contributed by atoms with Crippen LogP contribution in [-0.2, 0) is 0 Å². The number of rotatable bonds is 2. The largest absolute Gasteiger partial charge is 0.507 e. The third-order valence-corrected chi connectivity index (χ3v) is 2.66. The van der Waals surface area contributed by atoms with Gasteiger partial charge in [-0.1, -0.05) is 16.8 Å². The van der Waals surface area contributed by atoms with Gasteiger partial charge in [-0.05, 0) is 24.3 Å². The minimum absolute atomic E-state index is 0.0160. The molecule has 19 heavy (non-hydrogen) atoms. The van der Waals surface area contributed by atoms with Crippen LogP contribution in [0.25, 0.3) is 23.0 Å². The maximum atomic E-state index is 9.76. The molecule has 2 heterocycles. The summed E-state index contributed by atoms with van der Waals surface area (Å²) in [6.45, 7) is 0. The number of hydrogen-bond donors (Lipinski definition) is 1. The summed E-state index contributed by atoms with van der Waals surface area (Å²) < 4.78 is 5.10. The van der Waals surface area contributed by atoms with Gasteiger partial charge in [-0.2, -0.15) is 4.98 Å². The molecule has 0 aliphatic carbocycles. The van der Waals surface area contributed by atoms with Crippen molar-refractivity contribution in [3.05, 3.63) is 41.8 Å². The molecule has 3 aromatic rings. The van der Waals surface area contributed by atoms with Crippen LogP contribution in [-0.4, -0.2) is 25.2 Å². The Hall–Kier alpha value is -2.47. The third-order valence-electron chi connectivity index (χ3n) is 2.43. The van der Waals surface area contributed by atoms with Crippen LogP contribution in [0.15, 0.2) is 41.3 Å². The molecule has 0 spiro atoms. The molecule has 0 unspecified atom stereocenters. The molecule has 0 aliphatic rings. The van der Waals surface area contributed by atoms with E-state index in [0.717, 1.165) is 0 Å². The lowest BCUT2D eigenvalue weighted by atomic mass is 10.2. The Morgan fingerprint density at radius 2 is 2.11 bits per heavy atom. The van der Waals surface area contributed by atoms with Gasteiger partial charge in [0.25, 0.3) is 5.89 Å². The van der Waals surface area contributed by atoms with Crippen molar-refractivity contribution >= 4 is 11.6 Å². The van der Waals surface area contributed by atoms with Gasteiger partial charge < -0.3 is 9.63 Å². The van der Waals surface area contributed by atoms with Crippen LogP contribution in [0.2, 0.25) is 5.02 Å². The van der Waals surface area contributed by atoms with Crippen molar-refractivity contribution in [2.75, 3.05) is 0 Å². The van der Waals surface area contributed by atoms with Crippen molar-refractivity contribution in [2.45, 2.75) is 0 Å². The third kappa shape index (κ3) is 2.25. The Bertz CT molecular complexity index is 715. The zero-order valence-corrected chi connectivity index (χ0v) is 10.2. The Morgan fingerprint density at radius 1 is 1.21 bits per heavy atom. The first kappa shape index (κ1) is 11.6. The van der Waals surface area contributed by atoms with Crippen LogP contribution in [0.5, 0.6) is 5.75 Å². The molecular weight excluding hydrogens is 268 g/mol. The topological polar surface area (TPSA) is 84.9 Å².